The molecule has 3 aromatic rings. The number of nitrogens with one attached hydrogen (secondary N) is 1. The monoisotopic (exact) mass is 318 g/mol. The van der Waals surface area contributed by atoms with Crippen LogP contribution >= 0.6 is 0 Å². The van der Waals surface area contributed by atoms with Gasteiger partial charge in [0.15, 0.2) is 5.78 Å². The topological polar surface area (TPSA) is 61.9 Å². The van der Waals surface area contributed by atoms with Gasteiger partial charge in [-0.1, -0.05) is 12.6 Å². The molecule has 4 rings (SSSR count). The number of hydrogen-bond donors (Lipinski definition) is 1. The Hall–Kier alpha value is -2.95. The van der Waals surface area contributed by atoms with Crippen molar-refractivity contribution in [2.45, 2.75) is 6.42 Å². The molecule has 24 heavy (non-hydrogen) atoms. The third-order valence-corrected chi connectivity index (χ3v) is 4.53. The Morgan fingerprint density at radius 1 is 1.42 bits per heavy atom. The lowest BCUT2D eigenvalue weighted by Gasteiger charge is -2.40. The molecular weight excluding hydrogens is 300 g/mol. The fraction of sp³-hybridized carbons (Fsp3) is 0.211. The van der Waals surface area contributed by atoms with Crippen LogP contribution in [-0.2, 0) is 4.79 Å². The summed E-state index contributed by atoms with van der Waals surface area (Å²) in [5, 5.41) is 1.09. The molecular formula is C19H18N4O. The summed E-state index contributed by atoms with van der Waals surface area (Å²) in [4.78, 5) is 25.6. The van der Waals surface area contributed by atoms with Crippen molar-refractivity contribution in [1.82, 2.24) is 15.0 Å². The molecule has 120 valence electrons. The highest BCUT2D eigenvalue weighted by molar-refractivity contribution is 5.95. The largest absolute Gasteiger partial charge is 0.370 e. The van der Waals surface area contributed by atoms with Crippen molar-refractivity contribution in [2.24, 2.45) is 5.92 Å². The van der Waals surface area contributed by atoms with Crippen molar-refractivity contribution in [3.8, 4) is 11.1 Å². The molecule has 1 N–H and O–H groups in total. The van der Waals surface area contributed by atoms with Crippen LogP contribution in [0.15, 0.2) is 55.6 Å². The molecule has 5 heteroatoms. The third kappa shape index (κ3) is 2.58. The Labute approximate surface area is 140 Å². The molecule has 1 saturated heterocycles. The van der Waals surface area contributed by atoms with E-state index in [1.165, 1.54) is 6.08 Å². The van der Waals surface area contributed by atoms with Crippen molar-refractivity contribution in [3.05, 3.63) is 55.6 Å². The van der Waals surface area contributed by atoms with Crippen LogP contribution in [0.3, 0.4) is 0 Å². The average Bonchev–Trinajstić information content (AvgIpc) is 3.01. The number of allylic oxidation sites excluding steroid dienone is 1. The zero-order valence-electron chi connectivity index (χ0n) is 13.3. The minimum absolute atomic E-state index is 0.123. The van der Waals surface area contributed by atoms with Crippen molar-refractivity contribution in [3.63, 3.8) is 0 Å². The van der Waals surface area contributed by atoms with Crippen LogP contribution in [-0.4, -0.2) is 33.8 Å². The number of aromatic amines is 1. The highest BCUT2D eigenvalue weighted by atomic mass is 16.1. The number of H-pyrrole nitrogens is 1. The first-order valence-electron chi connectivity index (χ1n) is 8.02. The van der Waals surface area contributed by atoms with Gasteiger partial charge >= 0.3 is 0 Å². The van der Waals surface area contributed by atoms with Gasteiger partial charge in [0.05, 0.1) is 11.9 Å². The number of hydrogen-bond acceptors (Lipinski definition) is 4. The maximum atomic E-state index is 11.4. The summed E-state index contributed by atoms with van der Waals surface area (Å²) in [5.74, 6) is 0.535. The molecule has 0 atom stereocenters. The molecule has 0 aliphatic carbocycles. The summed E-state index contributed by atoms with van der Waals surface area (Å²) < 4.78 is 0. The quantitative estimate of drug-likeness (QED) is 0.734. The van der Waals surface area contributed by atoms with Crippen molar-refractivity contribution < 1.29 is 4.79 Å². The molecule has 0 radical (unpaired) electrons. The summed E-state index contributed by atoms with van der Waals surface area (Å²) in [6, 6.07) is 6.14. The minimum Gasteiger partial charge on any atom is -0.370 e. The lowest BCUT2D eigenvalue weighted by Crippen LogP contribution is -2.47. The number of carbonyl (C=O) groups is 1. The summed E-state index contributed by atoms with van der Waals surface area (Å²) in [7, 11) is 0. The number of rotatable bonds is 5. The lowest BCUT2D eigenvalue weighted by atomic mass is 9.93. The number of fused-ring (bicyclic) bond motifs is 1. The van der Waals surface area contributed by atoms with Crippen LogP contribution in [0.4, 0.5) is 5.69 Å². The third-order valence-electron chi connectivity index (χ3n) is 4.53. The van der Waals surface area contributed by atoms with Gasteiger partial charge in [0.1, 0.15) is 5.65 Å². The van der Waals surface area contributed by atoms with Gasteiger partial charge in [-0.25, -0.2) is 4.98 Å². The molecule has 0 bridgehead atoms. The van der Waals surface area contributed by atoms with Gasteiger partial charge in [0.2, 0.25) is 0 Å². The smallest absolute Gasteiger partial charge is 0.155 e. The van der Waals surface area contributed by atoms with Crippen LogP contribution in [0.25, 0.3) is 22.2 Å². The van der Waals surface area contributed by atoms with E-state index in [-0.39, 0.29) is 5.78 Å². The van der Waals surface area contributed by atoms with Gasteiger partial charge in [0.25, 0.3) is 0 Å². The van der Waals surface area contributed by atoms with Gasteiger partial charge < -0.3 is 9.88 Å². The zero-order chi connectivity index (χ0) is 16.5. The van der Waals surface area contributed by atoms with Crippen molar-refractivity contribution in [2.75, 3.05) is 18.0 Å². The summed E-state index contributed by atoms with van der Waals surface area (Å²) in [6.07, 6.45) is 9.48. The maximum Gasteiger partial charge on any atom is 0.155 e. The Kier molecular flexibility index (Phi) is 3.61. The molecule has 3 aromatic heterocycles. The van der Waals surface area contributed by atoms with E-state index in [0.29, 0.717) is 12.3 Å². The number of nitrogens with zero attached hydrogens (tertiary/aromatic N) is 3. The highest BCUT2D eigenvalue weighted by Gasteiger charge is 2.28. The number of carbonyl (C=O) groups excluding carboxylic acids is 1. The molecule has 5 nitrogen and oxygen atoms in total. The first kappa shape index (κ1) is 14.6. The molecule has 4 heterocycles. The van der Waals surface area contributed by atoms with Gasteiger partial charge in [-0.2, -0.15) is 0 Å². The Bertz CT molecular complexity index is 894. The molecule has 1 aliphatic rings. The fourth-order valence-electron chi connectivity index (χ4n) is 3.20. The van der Waals surface area contributed by atoms with Gasteiger partial charge in [-0.05, 0) is 18.2 Å². The molecule has 0 saturated carbocycles. The van der Waals surface area contributed by atoms with E-state index in [2.05, 4.69) is 32.5 Å². The van der Waals surface area contributed by atoms with Crippen LogP contribution in [0.5, 0.6) is 0 Å². The molecule has 1 fully saturated rings. The molecule has 0 aromatic carbocycles. The van der Waals surface area contributed by atoms with Crippen molar-refractivity contribution >= 4 is 22.5 Å². The highest BCUT2D eigenvalue weighted by Crippen LogP contribution is 2.32. The zero-order valence-corrected chi connectivity index (χ0v) is 13.3. The number of ketones is 1. The molecule has 0 unspecified atom stereocenters. The molecule has 0 spiro atoms. The van der Waals surface area contributed by atoms with E-state index in [4.69, 9.17) is 0 Å². The number of anilines is 1. The predicted molar refractivity (Wildman–Crippen MR) is 94.8 cm³/mol. The number of pyridine rings is 2. The van der Waals surface area contributed by atoms with E-state index in [1.807, 2.05) is 30.7 Å². The Morgan fingerprint density at radius 3 is 3.04 bits per heavy atom. The SMILES string of the molecule is C=CC(=O)CC1CN(c2cnc3[nH]cc(-c4cccnc4)c3c2)C1. The van der Waals surface area contributed by atoms with Crippen LogP contribution < -0.4 is 4.90 Å². The fourth-order valence-corrected chi connectivity index (χ4v) is 3.20. The normalized spacial score (nSPS) is 14.6. The van der Waals surface area contributed by atoms with E-state index in [0.717, 1.165) is 40.9 Å². The molecule has 0 amide bonds. The first-order chi connectivity index (χ1) is 11.7. The predicted octanol–water partition coefficient (Wildman–Crippen LogP) is 3.21. The number of aromatic nitrogens is 3. The van der Waals surface area contributed by atoms with Gasteiger partial charge in [-0.3, -0.25) is 9.78 Å². The second-order valence-corrected chi connectivity index (χ2v) is 6.18. The van der Waals surface area contributed by atoms with E-state index in [9.17, 15) is 4.79 Å². The first-order valence-corrected chi connectivity index (χ1v) is 8.02. The Morgan fingerprint density at radius 2 is 2.29 bits per heavy atom. The molecule has 1 aliphatic heterocycles. The van der Waals surface area contributed by atoms with E-state index >= 15 is 0 Å². The standard InChI is InChI=1S/C19H18N4O/c1-2-16(24)6-13-11-23(12-13)15-7-17-18(10-22-19(17)21-9-15)14-4-3-5-20-8-14/h2-5,7-10,13H,1,6,11-12H2,(H,21,22). The van der Waals surface area contributed by atoms with Crippen LogP contribution in [0.2, 0.25) is 0 Å². The van der Waals surface area contributed by atoms with Gasteiger partial charge in [0, 0.05) is 60.5 Å². The van der Waals surface area contributed by atoms with Crippen LogP contribution in [0, 0.1) is 5.92 Å². The lowest BCUT2D eigenvalue weighted by molar-refractivity contribution is -0.115. The summed E-state index contributed by atoms with van der Waals surface area (Å²) >= 11 is 0. The minimum atomic E-state index is 0.123. The van der Waals surface area contributed by atoms with E-state index < -0.39 is 0 Å². The second kappa shape index (κ2) is 5.92. The van der Waals surface area contributed by atoms with Crippen molar-refractivity contribution in [1.29, 1.82) is 0 Å². The van der Waals surface area contributed by atoms with Crippen LogP contribution in [0.1, 0.15) is 6.42 Å². The second-order valence-electron chi connectivity index (χ2n) is 6.18. The average molecular weight is 318 g/mol. The maximum absolute atomic E-state index is 11.4. The summed E-state index contributed by atoms with van der Waals surface area (Å²) in [6.45, 7) is 5.31. The Balaban J connectivity index is 1.58. The van der Waals surface area contributed by atoms with Gasteiger partial charge in [-0.15, -0.1) is 0 Å². The van der Waals surface area contributed by atoms with E-state index in [1.54, 1.807) is 6.20 Å². The summed E-state index contributed by atoms with van der Waals surface area (Å²) in [5.41, 5.74) is 4.14.